The van der Waals surface area contributed by atoms with Gasteiger partial charge in [-0.05, 0) is 6.42 Å². The van der Waals surface area contributed by atoms with Crippen LogP contribution in [0.15, 0.2) is 12.7 Å². The van der Waals surface area contributed by atoms with Crippen molar-refractivity contribution in [2.75, 3.05) is 6.61 Å². The molecule has 1 saturated carbocycles. The summed E-state index contributed by atoms with van der Waals surface area (Å²) in [4.78, 5) is 11.1. The normalized spacial score (nSPS) is 31.1. The van der Waals surface area contributed by atoms with E-state index in [1.807, 2.05) is 0 Å². The van der Waals surface area contributed by atoms with Gasteiger partial charge in [-0.3, -0.25) is 0 Å². The van der Waals surface area contributed by atoms with Crippen LogP contribution < -0.4 is 0 Å². The van der Waals surface area contributed by atoms with Crippen molar-refractivity contribution in [1.82, 2.24) is 19.5 Å². The maximum absolute atomic E-state index is 10.1. The predicted octanol–water partition coefficient (Wildman–Crippen LogP) is -0.236. The van der Waals surface area contributed by atoms with E-state index in [1.165, 1.54) is 6.33 Å². The monoisotopic (exact) mass is 282 g/mol. The second kappa shape index (κ2) is 4.64. The molecule has 0 bridgehead atoms. The second-order valence-corrected chi connectivity index (χ2v) is 5.17. The largest absolute Gasteiger partial charge is 0.396 e. The van der Waals surface area contributed by atoms with Crippen molar-refractivity contribution < 1.29 is 15.3 Å². The van der Waals surface area contributed by atoms with E-state index in [-0.39, 0.29) is 18.6 Å². The Labute approximate surface area is 113 Å². The Morgan fingerprint density at radius 1 is 1.37 bits per heavy atom. The van der Waals surface area contributed by atoms with Gasteiger partial charge in [0.05, 0.1) is 24.8 Å². The highest BCUT2D eigenvalue weighted by atomic mass is 32.1. The summed E-state index contributed by atoms with van der Waals surface area (Å²) in [6, 6.07) is -0.342. The van der Waals surface area contributed by atoms with E-state index in [0.717, 1.165) is 0 Å². The summed E-state index contributed by atoms with van der Waals surface area (Å²) in [5.74, 6) is -0.331. The summed E-state index contributed by atoms with van der Waals surface area (Å²) in [6.45, 7) is -0.154. The van der Waals surface area contributed by atoms with Gasteiger partial charge in [0.25, 0.3) is 0 Å². The molecule has 0 saturated heterocycles. The van der Waals surface area contributed by atoms with Crippen LogP contribution in [0, 0.1) is 10.6 Å². The molecule has 102 valence electrons. The van der Waals surface area contributed by atoms with Gasteiger partial charge in [-0.15, -0.1) is 0 Å². The molecule has 19 heavy (non-hydrogen) atoms. The lowest BCUT2D eigenvalue weighted by Gasteiger charge is -2.18. The highest BCUT2D eigenvalue weighted by Gasteiger charge is 2.42. The molecule has 2 aromatic heterocycles. The summed E-state index contributed by atoms with van der Waals surface area (Å²) in [5, 5.41) is 29.2. The van der Waals surface area contributed by atoms with Gasteiger partial charge in [0, 0.05) is 12.5 Å². The SMILES string of the molecule is OC[C@H]1C[C@@H](n2cnc3c(=S)nc[nH]c32)[C@H](O)[C@H]1O. The van der Waals surface area contributed by atoms with Crippen molar-refractivity contribution >= 4 is 23.4 Å². The first-order chi connectivity index (χ1) is 9.13. The fourth-order valence-corrected chi connectivity index (χ4v) is 2.88. The van der Waals surface area contributed by atoms with E-state index in [1.54, 1.807) is 10.9 Å². The number of hydrogen-bond acceptors (Lipinski definition) is 6. The number of imidazole rings is 1. The lowest BCUT2D eigenvalue weighted by Crippen LogP contribution is -2.30. The molecule has 4 atom stereocenters. The number of fused-ring (bicyclic) bond motifs is 1. The zero-order chi connectivity index (χ0) is 13.6. The summed E-state index contributed by atoms with van der Waals surface area (Å²) in [6.07, 6.45) is 1.65. The molecular weight excluding hydrogens is 268 g/mol. The number of H-pyrrole nitrogens is 1. The Morgan fingerprint density at radius 2 is 2.16 bits per heavy atom. The molecule has 3 rings (SSSR count). The molecule has 0 radical (unpaired) electrons. The molecule has 0 aromatic carbocycles. The van der Waals surface area contributed by atoms with E-state index in [0.29, 0.717) is 22.2 Å². The zero-order valence-electron chi connectivity index (χ0n) is 9.97. The molecule has 2 aromatic rings. The number of aliphatic hydroxyl groups excluding tert-OH is 3. The molecular formula is C11H14N4O3S. The Hall–Kier alpha value is -1.35. The minimum Gasteiger partial charge on any atom is -0.396 e. The first kappa shape index (κ1) is 12.7. The van der Waals surface area contributed by atoms with Crippen LogP contribution in [0.1, 0.15) is 12.5 Å². The first-order valence-corrected chi connectivity index (χ1v) is 6.41. The fraction of sp³-hybridized carbons (Fsp3) is 0.545. The molecule has 0 amide bonds. The third-order valence-electron chi connectivity index (χ3n) is 3.74. The summed E-state index contributed by atoms with van der Waals surface area (Å²) >= 11 is 5.08. The highest BCUT2D eigenvalue weighted by Crippen LogP contribution is 2.36. The first-order valence-electron chi connectivity index (χ1n) is 6.00. The highest BCUT2D eigenvalue weighted by molar-refractivity contribution is 7.71. The van der Waals surface area contributed by atoms with E-state index < -0.39 is 12.2 Å². The molecule has 0 spiro atoms. The van der Waals surface area contributed by atoms with Crippen LogP contribution in [0.3, 0.4) is 0 Å². The third-order valence-corrected chi connectivity index (χ3v) is 4.04. The zero-order valence-corrected chi connectivity index (χ0v) is 10.8. The topological polar surface area (TPSA) is 107 Å². The number of hydrogen-bond donors (Lipinski definition) is 4. The minimum absolute atomic E-state index is 0.154. The predicted molar refractivity (Wildman–Crippen MR) is 69.0 cm³/mol. The number of rotatable bonds is 2. The second-order valence-electron chi connectivity index (χ2n) is 4.78. The maximum atomic E-state index is 10.1. The van der Waals surface area contributed by atoms with Gasteiger partial charge in [-0.2, -0.15) is 0 Å². The molecule has 1 fully saturated rings. The Balaban J connectivity index is 2.06. The maximum Gasteiger partial charge on any atom is 0.157 e. The van der Waals surface area contributed by atoms with Crippen LogP contribution in [0.2, 0.25) is 0 Å². The van der Waals surface area contributed by atoms with Crippen molar-refractivity contribution in [3.05, 3.63) is 17.3 Å². The summed E-state index contributed by atoms with van der Waals surface area (Å²) in [7, 11) is 0. The van der Waals surface area contributed by atoms with Crippen LogP contribution in [0.5, 0.6) is 0 Å². The van der Waals surface area contributed by atoms with Crippen molar-refractivity contribution in [2.24, 2.45) is 5.92 Å². The molecule has 1 aliphatic rings. The Bertz CT molecular complexity index is 655. The van der Waals surface area contributed by atoms with E-state index >= 15 is 0 Å². The Morgan fingerprint density at radius 3 is 2.84 bits per heavy atom. The molecule has 8 heteroatoms. The summed E-state index contributed by atoms with van der Waals surface area (Å²) < 4.78 is 2.13. The van der Waals surface area contributed by atoms with Gasteiger partial charge in [-0.1, -0.05) is 12.2 Å². The summed E-state index contributed by atoms with van der Waals surface area (Å²) in [5.41, 5.74) is 1.22. The van der Waals surface area contributed by atoms with Crippen LogP contribution in [0.4, 0.5) is 0 Å². The average molecular weight is 282 g/mol. The molecule has 7 nitrogen and oxygen atoms in total. The molecule has 4 N–H and O–H groups in total. The number of nitrogens with one attached hydrogen (secondary N) is 1. The minimum atomic E-state index is -0.940. The fourth-order valence-electron chi connectivity index (χ4n) is 2.68. The molecule has 0 aliphatic heterocycles. The quantitative estimate of drug-likeness (QED) is 0.567. The number of nitrogens with zero attached hydrogens (tertiary/aromatic N) is 3. The van der Waals surface area contributed by atoms with Crippen molar-refractivity contribution in [2.45, 2.75) is 24.7 Å². The molecule has 0 unspecified atom stereocenters. The number of aromatic amines is 1. The lowest BCUT2D eigenvalue weighted by atomic mass is 10.1. The number of aliphatic hydroxyl groups is 3. The smallest absolute Gasteiger partial charge is 0.157 e. The average Bonchev–Trinajstić information content (AvgIpc) is 2.94. The van der Waals surface area contributed by atoms with Crippen molar-refractivity contribution in [3.8, 4) is 0 Å². The van der Waals surface area contributed by atoms with Crippen LogP contribution in [-0.2, 0) is 0 Å². The Kier molecular flexibility index (Phi) is 3.09. The van der Waals surface area contributed by atoms with E-state index in [4.69, 9.17) is 12.2 Å². The molecule has 1 aliphatic carbocycles. The number of aromatic nitrogens is 4. The van der Waals surface area contributed by atoms with Crippen molar-refractivity contribution in [1.29, 1.82) is 0 Å². The van der Waals surface area contributed by atoms with Gasteiger partial charge in [0.15, 0.2) is 4.64 Å². The van der Waals surface area contributed by atoms with Gasteiger partial charge >= 0.3 is 0 Å². The lowest BCUT2D eigenvalue weighted by molar-refractivity contribution is -0.00370. The van der Waals surface area contributed by atoms with Crippen LogP contribution >= 0.6 is 12.2 Å². The van der Waals surface area contributed by atoms with Crippen LogP contribution in [-0.4, -0.2) is 53.7 Å². The standard InChI is InChI=1S/C11H14N4O3S/c16-2-5-1-6(9(18)8(5)17)15-4-14-7-10(15)12-3-13-11(7)19/h3-6,8-9,16-18H,1-2H2,(H,12,13,19)/t5-,6-,8+,9+/m1/s1. The van der Waals surface area contributed by atoms with Gasteiger partial charge in [-0.25, -0.2) is 9.97 Å². The van der Waals surface area contributed by atoms with E-state index in [2.05, 4.69) is 15.0 Å². The van der Waals surface area contributed by atoms with E-state index in [9.17, 15) is 15.3 Å². The van der Waals surface area contributed by atoms with Crippen LogP contribution in [0.25, 0.3) is 11.2 Å². The third kappa shape index (κ3) is 1.88. The van der Waals surface area contributed by atoms with Gasteiger partial charge in [0.2, 0.25) is 0 Å². The van der Waals surface area contributed by atoms with Gasteiger partial charge in [0.1, 0.15) is 17.3 Å². The molecule has 2 heterocycles. The van der Waals surface area contributed by atoms with Crippen molar-refractivity contribution in [3.63, 3.8) is 0 Å². The van der Waals surface area contributed by atoms with Gasteiger partial charge < -0.3 is 24.9 Å².